The van der Waals surface area contributed by atoms with E-state index in [9.17, 15) is 13.2 Å². The summed E-state index contributed by atoms with van der Waals surface area (Å²) in [6, 6.07) is 17.1. The number of fused-ring (bicyclic) bond motifs is 1. The molecule has 0 saturated heterocycles. The van der Waals surface area contributed by atoms with Crippen molar-refractivity contribution in [1.82, 2.24) is 0 Å². The lowest BCUT2D eigenvalue weighted by Gasteiger charge is -2.14. The normalized spacial score (nSPS) is 11.2. The highest BCUT2D eigenvalue weighted by Gasteiger charge is 2.17. The molecule has 0 aromatic heterocycles. The number of hydrogen-bond acceptors (Lipinski definition) is 4. The Labute approximate surface area is 151 Å². The molecule has 0 saturated carbocycles. The van der Waals surface area contributed by atoms with E-state index >= 15 is 0 Å². The average Bonchev–Trinajstić information content (AvgIpc) is 2.62. The second-order valence-corrected chi connectivity index (χ2v) is 7.39. The first-order valence-electron chi connectivity index (χ1n) is 7.86. The summed E-state index contributed by atoms with van der Waals surface area (Å²) in [4.78, 5) is 11.5. The van der Waals surface area contributed by atoms with Crippen molar-refractivity contribution in [1.29, 1.82) is 0 Å². The minimum Gasteiger partial charge on any atom is -0.497 e. The van der Waals surface area contributed by atoms with Gasteiger partial charge in [0.1, 0.15) is 5.75 Å². The molecule has 2 N–H and O–H groups in total. The Morgan fingerprint density at radius 3 is 2.35 bits per heavy atom. The molecule has 0 aliphatic heterocycles. The van der Waals surface area contributed by atoms with Crippen LogP contribution in [0.15, 0.2) is 65.6 Å². The van der Waals surface area contributed by atoms with Gasteiger partial charge >= 0.3 is 0 Å². The highest BCUT2D eigenvalue weighted by atomic mass is 32.2. The van der Waals surface area contributed by atoms with E-state index in [2.05, 4.69) is 10.0 Å². The maximum atomic E-state index is 12.8. The number of amides is 1. The Balaban J connectivity index is 2.01. The molecule has 0 bridgehead atoms. The number of ether oxygens (including phenoxy) is 1. The van der Waals surface area contributed by atoms with Crippen LogP contribution in [0, 0.1) is 0 Å². The van der Waals surface area contributed by atoms with Crippen LogP contribution in [0.5, 0.6) is 5.75 Å². The smallest absolute Gasteiger partial charge is 0.261 e. The molecule has 0 radical (unpaired) electrons. The molecule has 3 aromatic rings. The van der Waals surface area contributed by atoms with E-state index in [1.54, 1.807) is 30.3 Å². The lowest BCUT2D eigenvalue weighted by atomic mass is 10.1. The van der Waals surface area contributed by atoms with Crippen molar-refractivity contribution in [2.24, 2.45) is 0 Å². The summed E-state index contributed by atoms with van der Waals surface area (Å²) in [5.41, 5.74) is 0.579. The third-order valence-corrected chi connectivity index (χ3v) is 5.18. The van der Waals surface area contributed by atoms with Gasteiger partial charge in [-0.1, -0.05) is 30.3 Å². The zero-order chi connectivity index (χ0) is 18.7. The standard InChI is InChI=1S/C19H18N2O4S/c1-13(22)20-18-10-8-16(25-2)12-19(18)21-26(23,24)17-9-7-14-5-3-4-6-15(14)11-17/h3-12,21H,1-2H3,(H,20,22). The van der Waals surface area contributed by atoms with Gasteiger partial charge in [0, 0.05) is 13.0 Å². The maximum Gasteiger partial charge on any atom is 0.261 e. The number of anilines is 2. The van der Waals surface area contributed by atoms with Crippen molar-refractivity contribution in [2.45, 2.75) is 11.8 Å². The van der Waals surface area contributed by atoms with Crippen LogP contribution >= 0.6 is 0 Å². The molecular formula is C19H18N2O4S. The van der Waals surface area contributed by atoms with Gasteiger partial charge in [0.25, 0.3) is 10.0 Å². The summed E-state index contributed by atoms with van der Waals surface area (Å²) in [5, 5.41) is 4.38. The first-order chi connectivity index (χ1) is 12.4. The zero-order valence-corrected chi connectivity index (χ0v) is 15.1. The van der Waals surface area contributed by atoms with Crippen LogP contribution in [0.25, 0.3) is 10.8 Å². The SMILES string of the molecule is COc1ccc(NC(C)=O)c(NS(=O)(=O)c2ccc3ccccc3c2)c1. The summed E-state index contributed by atoms with van der Waals surface area (Å²) in [6.45, 7) is 1.35. The van der Waals surface area contributed by atoms with E-state index in [1.807, 2.05) is 24.3 Å². The molecule has 1 amide bonds. The predicted octanol–water partition coefficient (Wildman–Crippen LogP) is 3.61. The van der Waals surface area contributed by atoms with Crippen molar-refractivity contribution < 1.29 is 17.9 Å². The molecule has 0 unspecified atom stereocenters. The third-order valence-electron chi connectivity index (χ3n) is 3.81. The van der Waals surface area contributed by atoms with Crippen LogP contribution in [0.1, 0.15) is 6.92 Å². The molecule has 7 heteroatoms. The van der Waals surface area contributed by atoms with Crippen molar-refractivity contribution in [3.8, 4) is 5.75 Å². The van der Waals surface area contributed by atoms with Crippen LogP contribution in [0.2, 0.25) is 0 Å². The third kappa shape index (κ3) is 3.78. The van der Waals surface area contributed by atoms with Crippen LogP contribution in [0.4, 0.5) is 11.4 Å². The van der Waals surface area contributed by atoms with Gasteiger partial charge in [0.05, 0.1) is 23.4 Å². The maximum absolute atomic E-state index is 12.8. The molecule has 0 heterocycles. The first kappa shape index (κ1) is 17.8. The molecule has 3 aromatic carbocycles. The molecule has 0 aliphatic carbocycles. The zero-order valence-electron chi connectivity index (χ0n) is 14.3. The second-order valence-electron chi connectivity index (χ2n) is 5.71. The van der Waals surface area contributed by atoms with Crippen LogP contribution < -0.4 is 14.8 Å². The van der Waals surface area contributed by atoms with E-state index in [0.717, 1.165) is 10.8 Å². The number of nitrogens with one attached hydrogen (secondary N) is 2. The van der Waals surface area contributed by atoms with Gasteiger partial charge in [0.2, 0.25) is 5.91 Å². The molecule has 26 heavy (non-hydrogen) atoms. The molecular weight excluding hydrogens is 352 g/mol. The quantitative estimate of drug-likeness (QED) is 0.719. The van der Waals surface area contributed by atoms with Crippen molar-refractivity contribution >= 4 is 38.1 Å². The van der Waals surface area contributed by atoms with E-state index in [1.165, 1.54) is 20.1 Å². The van der Waals surface area contributed by atoms with E-state index < -0.39 is 10.0 Å². The van der Waals surface area contributed by atoms with Gasteiger partial charge in [-0.3, -0.25) is 9.52 Å². The van der Waals surface area contributed by atoms with Crippen molar-refractivity contribution in [3.63, 3.8) is 0 Å². The Morgan fingerprint density at radius 2 is 1.65 bits per heavy atom. The number of sulfonamides is 1. The second kappa shape index (κ2) is 7.05. The summed E-state index contributed by atoms with van der Waals surface area (Å²) in [5.74, 6) is 0.164. The number of rotatable bonds is 5. The molecule has 3 rings (SSSR count). The number of hydrogen-bond donors (Lipinski definition) is 2. The summed E-state index contributed by atoms with van der Waals surface area (Å²) >= 11 is 0. The highest BCUT2D eigenvalue weighted by molar-refractivity contribution is 7.92. The van der Waals surface area contributed by atoms with E-state index in [4.69, 9.17) is 4.74 Å². The number of benzene rings is 3. The minimum absolute atomic E-state index is 0.132. The van der Waals surface area contributed by atoms with E-state index in [0.29, 0.717) is 11.4 Å². The summed E-state index contributed by atoms with van der Waals surface area (Å²) < 4.78 is 33.3. The van der Waals surface area contributed by atoms with Crippen LogP contribution in [-0.2, 0) is 14.8 Å². The van der Waals surface area contributed by atoms with Gasteiger partial charge in [0.15, 0.2) is 0 Å². The highest BCUT2D eigenvalue weighted by Crippen LogP contribution is 2.30. The van der Waals surface area contributed by atoms with Gasteiger partial charge in [-0.2, -0.15) is 0 Å². The van der Waals surface area contributed by atoms with E-state index in [-0.39, 0.29) is 16.5 Å². The minimum atomic E-state index is -3.84. The lowest BCUT2D eigenvalue weighted by Crippen LogP contribution is -2.16. The Bertz CT molecular complexity index is 1080. The fourth-order valence-corrected chi connectivity index (χ4v) is 3.68. The Morgan fingerprint density at radius 1 is 0.923 bits per heavy atom. The molecule has 0 fully saturated rings. The van der Waals surface area contributed by atoms with Crippen LogP contribution in [0.3, 0.4) is 0 Å². The lowest BCUT2D eigenvalue weighted by molar-refractivity contribution is -0.114. The first-order valence-corrected chi connectivity index (χ1v) is 9.34. The molecule has 6 nitrogen and oxygen atoms in total. The molecule has 134 valence electrons. The van der Waals surface area contributed by atoms with Crippen molar-refractivity contribution in [3.05, 3.63) is 60.7 Å². The average molecular weight is 370 g/mol. The predicted molar refractivity (Wildman–Crippen MR) is 102 cm³/mol. The van der Waals surface area contributed by atoms with Crippen LogP contribution in [-0.4, -0.2) is 21.4 Å². The number of methoxy groups -OCH3 is 1. The van der Waals surface area contributed by atoms with Gasteiger partial charge in [-0.15, -0.1) is 0 Å². The molecule has 0 spiro atoms. The monoisotopic (exact) mass is 370 g/mol. The fourth-order valence-electron chi connectivity index (χ4n) is 2.57. The van der Waals surface area contributed by atoms with Gasteiger partial charge in [-0.25, -0.2) is 8.42 Å². The summed E-state index contributed by atoms with van der Waals surface area (Å²) in [6.07, 6.45) is 0. The van der Waals surface area contributed by atoms with Gasteiger partial charge in [-0.05, 0) is 35.0 Å². The van der Waals surface area contributed by atoms with Crippen molar-refractivity contribution in [2.75, 3.05) is 17.1 Å². The van der Waals surface area contributed by atoms with Gasteiger partial charge < -0.3 is 10.1 Å². The molecule has 0 atom stereocenters. The summed E-state index contributed by atoms with van der Waals surface area (Å²) in [7, 11) is -2.36. The molecule has 0 aliphatic rings. The number of carbonyl (C=O) groups excluding carboxylic acids is 1. The number of carbonyl (C=O) groups is 1. The largest absolute Gasteiger partial charge is 0.497 e. The fraction of sp³-hybridized carbons (Fsp3) is 0.105. The topological polar surface area (TPSA) is 84.5 Å². The Kier molecular flexibility index (Phi) is 4.81. The Hall–Kier alpha value is -3.06.